The Labute approximate surface area is 315 Å². The second-order valence-corrected chi connectivity index (χ2v) is 17.3. The number of ketones is 1. The fourth-order valence-corrected chi connectivity index (χ4v) is 7.65. The molecule has 3 N–H and O–H groups in total. The van der Waals surface area contributed by atoms with Crippen LogP contribution in [0.15, 0.2) is 29.8 Å². The quantitative estimate of drug-likeness (QED) is 0.221. The summed E-state index contributed by atoms with van der Waals surface area (Å²) in [5, 5.41) is 4.46. The molecule has 1 saturated carbocycles. The Balaban J connectivity index is 1.59. The smallest absolute Gasteiger partial charge is 0.410 e. The van der Waals surface area contributed by atoms with Crippen molar-refractivity contribution in [2.45, 2.75) is 141 Å². The van der Waals surface area contributed by atoms with Crippen molar-refractivity contribution in [3.63, 3.8) is 0 Å². The van der Waals surface area contributed by atoms with Crippen molar-refractivity contribution < 1.29 is 51.0 Å². The summed E-state index contributed by atoms with van der Waals surface area (Å²) in [6, 6.07) is 0.581. The van der Waals surface area contributed by atoms with Gasteiger partial charge in [0.2, 0.25) is 21.8 Å². The monoisotopic (exact) mass is 777 g/mol. The average molecular weight is 778 g/mol. The number of halogens is 1. The number of nitrogens with zero attached hydrogens (tertiary/aromatic N) is 2. The lowest BCUT2D eigenvalue weighted by Crippen LogP contribution is -2.57. The van der Waals surface area contributed by atoms with Gasteiger partial charge in [-0.3, -0.25) is 28.8 Å². The van der Waals surface area contributed by atoms with E-state index in [2.05, 4.69) is 15.4 Å². The summed E-state index contributed by atoms with van der Waals surface area (Å²) in [5.74, 6) is -3.25. The normalized spacial score (nSPS) is 19.2. The van der Waals surface area contributed by atoms with Crippen LogP contribution in [0.4, 0.5) is 14.0 Å². The van der Waals surface area contributed by atoms with Gasteiger partial charge in [0.1, 0.15) is 35.6 Å². The van der Waals surface area contributed by atoms with Crippen LogP contribution in [0.3, 0.4) is 0 Å². The molecule has 3 aliphatic rings. The lowest BCUT2D eigenvalue weighted by atomic mass is 10.0. The number of nitrogens with one attached hydrogen (secondary N) is 3. The maximum Gasteiger partial charge on any atom is 0.410 e. The van der Waals surface area contributed by atoms with E-state index in [-0.39, 0.29) is 51.1 Å². The van der Waals surface area contributed by atoms with Gasteiger partial charge < -0.3 is 25.0 Å². The molecule has 1 aliphatic carbocycles. The van der Waals surface area contributed by atoms with Crippen molar-refractivity contribution in [2.75, 3.05) is 6.54 Å². The van der Waals surface area contributed by atoms with E-state index in [4.69, 9.17) is 9.47 Å². The van der Waals surface area contributed by atoms with Crippen molar-refractivity contribution in [3.8, 4) is 0 Å². The zero-order valence-corrected chi connectivity index (χ0v) is 32.6. The highest BCUT2D eigenvalue weighted by atomic mass is 32.2. The second kappa shape index (κ2) is 17.7. The van der Waals surface area contributed by atoms with Gasteiger partial charge in [-0.05, 0) is 78.0 Å². The number of sulfonamides is 1. The third-order valence-electron chi connectivity index (χ3n) is 9.10. The summed E-state index contributed by atoms with van der Waals surface area (Å²) < 4.78 is 52.8. The number of unbranched alkanes of at least 4 members (excludes halogenated alkanes) is 1. The zero-order chi connectivity index (χ0) is 40.0. The Hall–Kier alpha value is -4.54. The molecular weight excluding hydrogens is 725 g/mol. The van der Waals surface area contributed by atoms with E-state index < -0.39 is 80.8 Å². The predicted octanol–water partition coefficient (Wildman–Crippen LogP) is 3.74. The van der Waals surface area contributed by atoms with Crippen LogP contribution in [0.2, 0.25) is 0 Å². The minimum atomic E-state index is -3.93. The molecule has 4 atom stereocenters. The van der Waals surface area contributed by atoms with E-state index in [1.165, 1.54) is 23.1 Å². The van der Waals surface area contributed by atoms with Crippen LogP contribution in [0, 0.1) is 5.82 Å². The molecule has 4 rings (SSSR count). The Bertz CT molecular complexity index is 1750. The molecule has 17 heteroatoms. The third-order valence-corrected chi connectivity index (χ3v) is 10.9. The molecule has 54 heavy (non-hydrogen) atoms. The van der Waals surface area contributed by atoms with Crippen molar-refractivity contribution >= 4 is 45.7 Å². The van der Waals surface area contributed by atoms with E-state index in [9.17, 15) is 41.6 Å². The number of carbonyl (C=O) groups excluding carboxylic acids is 6. The maximum absolute atomic E-state index is 14.4. The lowest BCUT2D eigenvalue weighted by Gasteiger charge is -2.30. The van der Waals surface area contributed by atoms with Crippen LogP contribution in [0.25, 0.3) is 0 Å². The van der Waals surface area contributed by atoms with Crippen LogP contribution in [-0.4, -0.2) is 95.5 Å². The van der Waals surface area contributed by atoms with Gasteiger partial charge in [-0.25, -0.2) is 22.4 Å². The average Bonchev–Trinajstić information content (AvgIpc) is 3.71. The number of allylic oxidation sites excluding steroid dienone is 2. The third kappa shape index (κ3) is 11.7. The Kier molecular flexibility index (Phi) is 13.9. The van der Waals surface area contributed by atoms with Gasteiger partial charge in [-0.2, -0.15) is 0 Å². The predicted molar refractivity (Wildman–Crippen MR) is 194 cm³/mol. The molecule has 1 aromatic carbocycles. The van der Waals surface area contributed by atoms with E-state index in [0.717, 1.165) is 10.5 Å². The van der Waals surface area contributed by atoms with Gasteiger partial charge in [0.05, 0.1) is 18.3 Å². The largest absolute Gasteiger partial charge is 0.444 e. The first kappa shape index (κ1) is 42.2. The van der Waals surface area contributed by atoms with Crippen LogP contribution in [-0.2, 0) is 51.8 Å². The van der Waals surface area contributed by atoms with Crippen molar-refractivity contribution in [3.05, 3.63) is 46.8 Å². The number of amides is 5. The first-order valence-corrected chi connectivity index (χ1v) is 19.9. The molecule has 2 heterocycles. The van der Waals surface area contributed by atoms with Crippen LogP contribution in [0.5, 0.6) is 0 Å². The van der Waals surface area contributed by atoms with Gasteiger partial charge in [0, 0.05) is 24.9 Å². The summed E-state index contributed by atoms with van der Waals surface area (Å²) in [5.41, 5.74) is 0.781. The van der Waals surface area contributed by atoms with Crippen molar-refractivity contribution in [1.82, 2.24) is 25.2 Å². The Morgan fingerprint density at radius 3 is 2.33 bits per heavy atom. The molecule has 298 valence electrons. The van der Waals surface area contributed by atoms with Crippen molar-refractivity contribution in [1.29, 1.82) is 0 Å². The molecule has 0 aromatic heterocycles. The molecule has 5 amide bonds. The number of rotatable bonds is 15. The molecule has 1 unspecified atom stereocenters. The molecule has 2 fully saturated rings. The highest BCUT2D eigenvalue weighted by Crippen LogP contribution is 2.29. The number of alkyl carbamates (subject to hydrolysis) is 1. The van der Waals surface area contributed by atoms with Crippen LogP contribution in [0.1, 0.15) is 104 Å². The molecule has 1 aromatic rings. The number of fused-ring (bicyclic) bond motifs is 1. The Morgan fingerprint density at radius 2 is 1.72 bits per heavy atom. The summed E-state index contributed by atoms with van der Waals surface area (Å²) in [6.07, 6.45) is 0.168. The van der Waals surface area contributed by atoms with Gasteiger partial charge in [0.25, 0.3) is 5.91 Å². The summed E-state index contributed by atoms with van der Waals surface area (Å²) >= 11 is 0. The van der Waals surface area contributed by atoms with Gasteiger partial charge in [0.15, 0.2) is 5.78 Å². The van der Waals surface area contributed by atoms with Gasteiger partial charge in [-0.1, -0.05) is 37.5 Å². The first-order valence-electron chi connectivity index (χ1n) is 18.3. The molecule has 15 nitrogen and oxygen atoms in total. The van der Waals surface area contributed by atoms with Crippen LogP contribution >= 0.6 is 0 Å². The standard InChI is InChI=1S/C37H52FN5O10S/c1-7-8-12-29(32(45)41-54(50,51)26-14-15-26)39-33(46)31-18-25(52-36(49)42-19-23-10-9-11-28(38)27(23)21-42)20-43(31)34(47)30(16-13-24(44)17-22(2)3)40-35(48)53-37(4,5)6/h9-11,17,25-26,29-31H,7-8,12-16,18-21H2,1-6H3,(H,39,46)(H,40,48)(H,41,45)/t25-,29?,30+,31+/m1/s1. The number of benzene rings is 1. The fraction of sp³-hybridized carbons (Fsp3) is 0.622. The van der Waals surface area contributed by atoms with E-state index >= 15 is 0 Å². The number of carbonyl (C=O) groups is 6. The van der Waals surface area contributed by atoms with Crippen LogP contribution < -0.4 is 15.4 Å². The van der Waals surface area contributed by atoms with E-state index in [1.54, 1.807) is 40.7 Å². The van der Waals surface area contributed by atoms with E-state index in [1.807, 2.05) is 6.92 Å². The SMILES string of the molecule is CCCCC(NC(=O)[C@@H]1C[C@@H](OC(=O)N2Cc3cccc(F)c3C2)CN1C(=O)[C@H](CCC(=O)C=C(C)C)NC(=O)OC(C)(C)C)C(=O)NS(=O)(=O)C1CC1. The zero-order valence-electron chi connectivity index (χ0n) is 31.7. The minimum absolute atomic E-state index is 0.0420. The first-order chi connectivity index (χ1) is 25.3. The number of hydrogen-bond donors (Lipinski definition) is 3. The molecule has 2 aliphatic heterocycles. The fourth-order valence-electron chi connectivity index (χ4n) is 6.31. The molecule has 0 radical (unpaired) electrons. The highest BCUT2D eigenvalue weighted by molar-refractivity contribution is 7.90. The number of ether oxygens (including phenoxy) is 2. The lowest BCUT2D eigenvalue weighted by molar-refractivity contribution is -0.141. The summed E-state index contributed by atoms with van der Waals surface area (Å²) in [7, 11) is -3.93. The minimum Gasteiger partial charge on any atom is -0.444 e. The van der Waals surface area contributed by atoms with E-state index in [0.29, 0.717) is 36.8 Å². The Morgan fingerprint density at radius 1 is 1.02 bits per heavy atom. The number of hydrogen-bond acceptors (Lipinski definition) is 10. The molecule has 1 saturated heterocycles. The second-order valence-electron chi connectivity index (χ2n) is 15.3. The molecule has 0 bridgehead atoms. The van der Waals surface area contributed by atoms with Crippen molar-refractivity contribution in [2.24, 2.45) is 0 Å². The summed E-state index contributed by atoms with van der Waals surface area (Å²) in [6.45, 7) is 9.99. The topological polar surface area (TPSA) is 198 Å². The highest BCUT2D eigenvalue weighted by Gasteiger charge is 2.46. The number of likely N-dealkylation sites (tertiary alicyclic amines) is 1. The van der Waals surface area contributed by atoms with Gasteiger partial charge >= 0.3 is 12.2 Å². The van der Waals surface area contributed by atoms with Gasteiger partial charge in [-0.15, -0.1) is 0 Å². The summed E-state index contributed by atoms with van der Waals surface area (Å²) in [4.78, 5) is 82.9. The molecular formula is C37H52FN5O10S. The maximum atomic E-state index is 14.4. The molecule has 0 spiro atoms.